The van der Waals surface area contributed by atoms with Gasteiger partial charge in [0.15, 0.2) is 0 Å². The maximum absolute atomic E-state index is 5.53. The zero-order valence-electron chi connectivity index (χ0n) is 7.21. The van der Waals surface area contributed by atoms with E-state index in [0.29, 0.717) is 0 Å². The standard InChI is InChI=1S/C7H16O3Si/c1-7(8-2)10-11-6-4-3-5-9-11/h7,11H,3-6H2,1-2H3. The Balaban J connectivity index is 2.13. The fourth-order valence-electron chi connectivity index (χ4n) is 1.09. The predicted molar refractivity (Wildman–Crippen MR) is 44.7 cm³/mol. The van der Waals surface area contributed by atoms with Gasteiger partial charge in [-0.1, -0.05) is 0 Å². The minimum Gasteiger partial charge on any atom is -0.396 e. The number of hydrogen-bond donors (Lipinski definition) is 0. The van der Waals surface area contributed by atoms with Crippen LogP contribution in [0.25, 0.3) is 0 Å². The van der Waals surface area contributed by atoms with Crippen molar-refractivity contribution >= 4 is 9.28 Å². The van der Waals surface area contributed by atoms with Crippen LogP contribution >= 0.6 is 0 Å². The van der Waals surface area contributed by atoms with E-state index in [9.17, 15) is 0 Å². The van der Waals surface area contributed by atoms with E-state index in [1.807, 2.05) is 6.92 Å². The third-order valence-corrected chi connectivity index (χ3v) is 3.99. The van der Waals surface area contributed by atoms with Gasteiger partial charge in [-0.05, 0) is 25.8 Å². The number of methoxy groups -OCH3 is 1. The Morgan fingerprint density at radius 1 is 1.45 bits per heavy atom. The fourth-order valence-corrected chi connectivity index (χ4v) is 3.06. The van der Waals surface area contributed by atoms with Crippen LogP contribution in [0.5, 0.6) is 0 Å². The summed E-state index contributed by atoms with van der Waals surface area (Å²) in [7, 11) is 0.328. The van der Waals surface area contributed by atoms with Crippen molar-refractivity contribution in [1.29, 1.82) is 0 Å². The van der Waals surface area contributed by atoms with E-state index in [-0.39, 0.29) is 6.29 Å². The molecule has 1 aliphatic heterocycles. The topological polar surface area (TPSA) is 27.7 Å². The van der Waals surface area contributed by atoms with E-state index in [4.69, 9.17) is 13.6 Å². The number of ether oxygens (including phenoxy) is 1. The Labute approximate surface area is 69.5 Å². The maximum atomic E-state index is 5.53. The lowest BCUT2D eigenvalue weighted by Crippen LogP contribution is -2.31. The third-order valence-electron chi connectivity index (χ3n) is 1.81. The molecule has 4 heteroatoms. The first-order valence-corrected chi connectivity index (χ1v) is 5.88. The van der Waals surface area contributed by atoms with Gasteiger partial charge in [0.25, 0.3) is 0 Å². The van der Waals surface area contributed by atoms with Crippen LogP contribution < -0.4 is 0 Å². The van der Waals surface area contributed by atoms with Crippen LogP contribution in [0.15, 0.2) is 0 Å². The van der Waals surface area contributed by atoms with Crippen molar-refractivity contribution in [3.8, 4) is 0 Å². The largest absolute Gasteiger partial charge is 0.396 e. The minimum atomic E-state index is -1.33. The first-order valence-electron chi connectivity index (χ1n) is 4.13. The molecular weight excluding hydrogens is 160 g/mol. The van der Waals surface area contributed by atoms with E-state index in [0.717, 1.165) is 12.7 Å². The maximum Gasteiger partial charge on any atom is 0.323 e. The highest BCUT2D eigenvalue weighted by atomic mass is 28.3. The molecule has 0 radical (unpaired) electrons. The molecule has 0 amide bonds. The molecule has 2 atom stereocenters. The van der Waals surface area contributed by atoms with Gasteiger partial charge in [-0.15, -0.1) is 0 Å². The van der Waals surface area contributed by atoms with Crippen molar-refractivity contribution < 1.29 is 13.6 Å². The van der Waals surface area contributed by atoms with Gasteiger partial charge in [0.1, 0.15) is 6.29 Å². The van der Waals surface area contributed by atoms with Gasteiger partial charge < -0.3 is 13.6 Å². The molecule has 11 heavy (non-hydrogen) atoms. The van der Waals surface area contributed by atoms with Gasteiger partial charge in [-0.3, -0.25) is 0 Å². The summed E-state index contributed by atoms with van der Waals surface area (Å²) in [5.41, 5.74) is 0. The normalized spacial score (nSPS) is 28.4. The molecule has 2 unspecified atom stereocenters. The molecule has 66 valence electrons. The van der Waals surface area contributed by atoms with Gasteiger partial charge in [0.05, 0.1) is 0 Å². The molecule has 0 aliphatic carbocycles. The van der Waals surface area contributed by atoms with E-state index in [1.165, 1.54) is 12.8 Å². The van der Waals surface area contributed by atoms with Gasteiger partial charge >= 0.3 is 9.28 Å². The molecule has 0 N–H and O–H groups in total. The molecule has 0 aromatic heterocycles. The molecule has 0 aromatic rings. The van der Waals surface area contributed by atoms with Crippen LogP contribution in [0.4, 0.5) is 0 Å². The van der Waals surface area contributed by atoms with Crippen LogP contribution in [-0.2, 0) is 13.6 Å². The van der Waals surface area contributed by atoms with Crippen LogP contribution in [-0.4, -0.2) is 29.3 Å². The van der Waals surface area contributed by atoms with Crippen molar-refractivity contribution in [2.24, 2.45) is 0 Å². The average Bonchev–Trinajstić information content (AvgIpc) is 2.06. The highest BCUT2D eigenvalue weighted by Crippen LogP contribution is 2.12. The van der Waals surface area contributed by atoms with Crippen molar-refractivity contribution in [3.05, 3.63) is 0 Å². The van der Waals surface area contributed by atoms with E-state index >= 15 is 0 Å². The number of hydrogen-bond acceptors (Lipinski definition) is 3. The van der Waals surface area contributed by atoms with Crippen LogP contribution in [0, 0.1) is 0 Å². The lowest BCUT2D eigenvalue weighted by molar-refractivity contribution is -0.0571. The SMILES string of the molecule is COC(C)O[SiH]1CCCCO1. The van der Waals surface area contributed by atoms with Crippen molar-refractivity contribution in [2.75, 3.05) is 13.7 Å². The molecule has 0 aromatic carbocycles. The second kappa shape index (κ2) is 4.87. The molecule has 1 fully saturated rings. The molecule has 0 spiro atoms. The molecule has 0 bridgehead atoms. The third kappa shape index (κ3) is 3.33. The lowest BCUT2D eigenvalue weighted by Gasteiger charge is -2.23. The Morgan fingerprint density at radius 2 is 2.27 bits per heavy atom. The predicted octanol–water partition coefficient (Wildman–Crippen LogP) is 1.03. The fraction of sp³-hybridized carbons (Fsp3) is 1.00. The van der Waals surface area contributed by atoms with Crippen LogP contribution in [0.1, 0.15) is 19.8 Å². The molecule has 1 rings (SSSR count). The van der Waals surface area contributed by atoms with Crippen molar-refractivity contribution in [3.63, 3.8) is 0 Å². The highest BCUT2D eigenvalue weighted by molar-refractivity contribution is 6.44. The second-order valence-corrected chi connectivity index (χ2v) is 4.78. The van der Waals surface area contributed by atoms with Crippen LogP contribution in [0.2, 0.25) is 6.04 Å². The van der Waals surface area contributed by atoms with E-state index in [2.05, 4.69) is 0 Å². The smallest absolute Gasteiger partial charge is 0.323 e. The summed E-state index contributed by atoms with van der Waals surface area (Å²) < 4.78 is 16.0. The molecule has 1 aliphatic rings. The van der Waals surface area contributed by atoms with Gasteiger partial charge in [0, 0.05) is 13.7 Å². The molecule has 1 heterocycles. The van der Waals surface area contributed by atoms with Crippen molar-refractivity contribution in [1.82, 2.24) is 0 Å². The molecule has 1 saturated heterocycles. The number of rotatable bonds is 3. The Hall–Kier alpha value is 0.0969. The van der Waals surface area contributed by atoms with Gasteiger partial charge in [-0.25, -0.2) is 0 Å². The van der Waals surface area contributed by atoms with Crippen molar-refractivity contribution in [2.45, 2.75) is 32.1 Å². The minimum absolute atomic E-state index is 0.0928. The summed E-state index contributed by atoms with van der Waals surface area (Å²) >= 11 is 0. The quantitative estimate of drug-likeness (QED) is 0.475. The Bertz CT molecular complexity index is 104. The van der Waals surface area contributed by atoms with Crippen LogP contribution in [0.3, 0.4) is 0 Å². The lowest BCUT2D eigenvalue weighted by atomic mass is 10.4. The first kappa shape index (κ1) is 9.19. The average molecular weight is 176 g/mol. The monoisotopic (exact) mass is 176 g/mol. The van der Waals surface area contributed by atoms with Gasteiger partial charge in [-0.2, -0.15) is 0 Å². The van der Waals surface area contributed by atoms with E-state index in [1.54, 1.807) is 7.11 Å². The summed E-state index contributed by atoms with van der Waals surface area (Å²) in [4.78, 5) is 0. The summed E-state index contributed by atoms with van der Waals surface area (Å²) in [5.74, 6) is 0. The molecule has 0 saturated carbocycles. The highest BCUT2D eigenvalue weighted by Gasteiger charge is 2.19. The zero-order valence-corrected chi connectivity index (χ0v) is 8.36. The zero-order chi connectivity index (χ0) is 8.10. The molecule has 3 nitrogen and oxygen atoms in total. The Kier molecular flexibility index (Phi) is 4.07. The summed E-state index contributed by atoms with van der Waals surface area (Å²) in [6, 6.07) is 1.13. The Morgan fingerprint density at radius 3 is 2.82 bits per heavy atom. The second-order valence-electron chi connectivity index (χ2n) is 2.74. The summed E-state index contributed by atoms with van der Waals surface area (Å²) in [6.07, 6.45) is 2.35. The molecular formula is C7H16O3Si. The van der Waals surface area contributed by atoms with E-state index < -0.39 is 9.28 Å². The summed E-state index contributed by atoms with van der Waals surface area (Å²) in [6.45, 7) is 2.79. The van der Waals surface area contributed by atoms with Gasteiger partial charge in [0.2, 0.25) is 0 Å². The first-order chi connectivity index (χ1) is 5.33. The summed E-state index contributed by atoms with van der Waals surface area (Å²) in [5, 5.41) is 0.